The second-order valence-electron chi connectivity index (χ2n) is 4.02. The lowest BCUT2D eigenvalue weighted by Crippen LogP contribution is -2.33. The SMILES string of the molecule is C[C@@H](/C(=N/N=C(N)N)c1ccccc1)N(C)C. The molecule has 1 aromatic carbocycles. The Morgan fingerprint density at radius 3 is 2.18 bits per heavy atom. The van der Waals surface area contributed by atoms with Crippen molar-refractivity contribution in [1.29, 1.82) is 0 Å². The zero-order chi connectivity index (χ0) is 12.8. The van der Waals surface area contributed by atoms with Gasteiger partial charge in [0.1, 0.15) is 0 Å². The predicted octanol–water partition coefficient (Wildman–Crippen LogP) is 0.614. The van der Waals surface area contributed by atoms with E-state index in [1.54, 1.807) is 0 Å². The lowest BCUT2D eigenvalue weighted by Gasteiger charge is -2.21. The van der Waals surface area contributed by atoms with Gasteiger partial charge in [0.05, 0.1) is 11.8 Å². The minimum Gasteiger partial charge on any atom is -0.369 e. The minimum absolute atomic E-state index is 0.0376. The molecule has 1 rings (SSSR count). The summed E-state index contributed by atoms with van der Waals surface area (Å²) in [5, 5.41) is 7.87. The van der Waals surface area contributed by atoms with Crippen molar-refractivity contribution in [3.63, 3.8) is 0 Å². The summed E-state index contributed by atoms with van der Waals surface area (Å²) in [7, 11) is 3.97. The van der Waals surface area contributed by atoms with E-state index in [1.165, 1.54) is 0 Å². The van der Waals surface area contributed by atoms with Crippen LogP contribution in [-0.2, 0) is 0 Å². The van der Waals surface area contributed by atoms with Crippen LogP contribution in [0.15, 0.2) is 40.5 Å². The topological polar surface area (TPSA) is 80.0 Å². The highest BCUT2D eigenvalue weighted by Crippen LogP contribution is 2.08. The Bertz CT molecular complexity index is 404. The molecule has 0 amide bonds. The van der Waals surface area contributed by atoms with E-state index in [2.05, 4.69) is 10.2 Å². The summed E-state index contributed by atoms with van der Waals surface area (Å²) in [5.41, 5.74) is 12.5. The summed E-state index contributed by atoms with van der Waals surface area (Å²) in [4.78, 5) is 2.05. The minimum atomic E-state index is -0.0376. The van der Waals surface area contributed by atoms with Crippen LogP contribution in [-0.4, -0.2) is 36.7 Å². The quantitative estimate of drug-likeness (QED) is 0.454. The predicted molar refractivity (Wildman–Crippen MR) is 71.9 cm³/mol. The van der Waals surface area contributed by atoms with Gasteiger partial charge in [-0.25, -0.2) is 0 Å². The van der Waals surface area contributed by atoms with Gasteiger partial charge in [0.25, 0.3) is 0 Å². The van der Waals surface area contributed by atoms with E-state index in [-0.39, 0.29) is 12.0 Å². The van der Waals surface area contributed by atoms with Gasteiger partial charge in [-0.2, -0.15) is 0 Å². The molecule has 0 aliphatic rings. The van der Waals surface area contributed by atoms with Gasteiger partial charge in [0.15, 0.2) is 0 Å². The Hall–Kier alpha value is -1.88. The maximum Gasteiger partial charge on any atom is 0.211 e. The molecule has 17 heavy (non-hydrogen) atoms. The van der Waals surface area contributed by atoms with Gasteiger partial charge in [-0.3, -0.25) is 0 Å². The van der Waals surface area contributed by atoms with Crippen LogP contribution in [0.2, 0.25) is 0 Å². The van der Waals surface area contributed by atoms with Crippen molar-refractivity contribution in [2.75, 3.05) is 14.1 Å². The molecule has 0 fully saturated rings. The number of nitrogens with two attached hydrogens (primary N) is 2. The summed E-state index contributed by atoms with van der Waals surface area (Å²) in [6.45, 7) is 2.05. The zero-order valence-electron chi connectivity index (χ0n) is 10.5. The maximum atomic E-state index is 5.30. The molecule has 0 aromatic heterocycles. The number of benzene rings is 1. The highest BCUT2D eigenvalue weighted by Gasteiger charge is 2.14. The molecule has 0 radical (unpaired) electrons. The third-order valence-corrected chi connectivity index (χ3v) is 2.51. The molecule has 0 aliphatic heterocycles. The Kier molecular flexibility index (Phi) is 4.66. The van der Waals surface area contributed by atoms with Crippen molar-refractivity contribution in [3.05, 3.63) is 35.9 Å². The molecule has 1 aromatic rings. The molecule has 0 aliphatic carbocycles. The Morgan fingerprint density at radius 2 is 1.71 bits per heavy atom. The number of nitrogens with zero attached hydrogens (tertiary/aromatic N) is 3. The largest absolute Gasteiger partial charge is 0.369 e. The summed E-state index contributed by atoms with van der Waals surface area (Å²) in [6.07, 6.45) is 0. The van der Waals surface area contributed by atoms with Crippen LogP contribution in [0.3, 0.4) is 0 Å². The number of hydrogen-bond acceptors (Lipinski definition) is 3. The van der Waals surface area contributed by atoms with Crippen LogP contribution in [0.4, 0.5) is 0 Å². The summed E-state index contributed by atoms with van der Waals surface area (Å²) >= 11 is 0. The zero-order valence-corrected chi connectivity index (χ0v) is 10.5. The van der Waals surface area contributed by atoms with Crippen molar-refractivity contribution in [2.24, 2.45) is 21.7 Å². The highest BCUT2D eigenvalue weighted by molar-refractivity contribution is 6.04. The molecule has 5 nitrogen and oxygen atoms in total. The molecule has 0 saturated heterocycles. The number of likely N-dealkylation sites (N-methyl/N-ethyl adjacent to an activating group) is 1. The van der Waals surface area contributed by atoms with E-state index in [9.17, 15) is 0 Å². The summed E-state index contributed by atoms with van der Waals surface area (Å²) in [5.74, 6) is -0.0376. The van der Waals surface area contributed by atoms with Gasteiger partial charge in [-0.05, 0) is 26.6 Å². The van der Waals surface area contributed by atoms with Gasteiger partial charge >= 0.3 is 0 Å². The van der Waals surface area contributed by atoms with Crippen molar-refractivity contribution < 1.29 is 0 Å². The van der Waals surface area contributed by atoms with Crippen molar-refractivity contribution >= 4 is 11.7 Å². The highest BCUT2D eigenvalue weighted by atomic mass is 15.3. The Balaban J connectivity index is 3.12. The van der Waals surface area contributed by atoms with Gasteiger partial charge in [-0.1, -0.05) is 30.3 Å². The van der Waals surface area contributed by atoms with E-state index in [0.29, 0.717) is 0 Å². The van der Waals surface area contributed by atoms with E-state index in [1.807, 2.05) is 56.3 Å². The molecule has 1 atom stereocenters. The molecule has 0 bridgehead atoms. The number of rotatable bonds is 4. The first-order valence-electron chi connectivity index (χ1n) is 5.40. The van der Waals surface area contributed by atoms with E-state index in [4.69, 9.17) is 11.5 Å². The van der Waals surface area contributed by atoms with Crippen LogP contribution < -0.4 is 11.5 Å². The summed E-state index contributed by atoms with van der Waals surface area (Å²) in [6, 6.07) is 9.98. The molecule has 4 N–H and O–H groups in total. The third kappa shape index (κ3) is 3.88. The van der Waals surface area contributed by atoms with Crippen molar-refractivity contribution in [3.8, 4) is 0 Å². The van der Waals surface area contributed by atoms with Crippen LogP contribution in [0.25, 0.3) is 0 Å². The third-order valence-electron chi connectivity index (χ3n) is 2.51. The molecule has 5 heteroatoms. The normalized spacial score (nSPS) is 13.5. The van der Waals surface area contributed by atoms with Crippen LogP contribution >= 0.6 is 0 Å². The summed E-state index contributed by atoms with van der Waals surface area (Å²) < 4.78 is 0. The first-order valence-corrected chi connectivity index (χ1v) is 5.40. The second-order valence-corrected chi connectivity index (χ2v) is 4.02. The fraction of sp³-hybridized carbons (Fsp3) is 0.333. The molecule has 0 unspecified atom stereocenters. The molecule has 0 saturated carbocycles. The fourth-order valence-corrected chi connectivity index (χ4v) is 1.35. The second kappa shape index (κ2) is 6.00. The van der Waals surface area contributed by atoms with Gasteiger partial charge in [0, 0.05) is 0 Å². The number of guanidine groups is 1. The number of hydrogen-bond donors (Lipinski definition) is 2. The van der Waals surface area contributed by atoms with Crippen LogP contribution in [0, 0.1) is 0 Å². The van der Waals surface area contributed by atoms with Crippen LogP contribution in [0.1, 0.15) is 12.5 Å². The Morgan fingerprint density at radius 1 is 1.12 bits per heavy atom. The first-order chi connectivity index (χ1) is 8.02. The van der Waals surface area contributed by atoms with Gasteiger partial charge < -0.3 is 16.4 Å². The van der Waals surface area contributed by atoms with E-state index >= 15 is 0 Å². The van der Waals surface area contributed by atoms with E-state index < -0.39 is 0 Å². The fourth-order valence-electron chi connectivity index (χ4n) is 1.35. The van der Waals surface area contributed by atoms with Gasteiger partial charge in [-0.15, -0.1) is 10.2 Å². The molecular formula is C12H19N5. The first kappa shape index (κ1) is 13.2. The lowest BCUT2D eigenvalue weighted by atomic mass is 10.0. The molecular weight excluding hydrogens is 214 g/mol. The maximum absolute atomic E-state index is 5.30. The monoisotopic (exact) mass is 233 g/mol. The van der Waals surface area contributed by atoms with Crippen molar-refractivity contribution in [1.82, 2.24) is 4.90 Å². The lowest BCUT2D eigenvalue weighted by molar-refractivity contribution is 0.381. The van der Waals surface area contributed by atoms with E-state index in [0.717, 1.165) is 11.3 Å². The average Bonchev–Trinajstić information content (AvgIpc) is 2.30. The molecule has 0 spiro atoms. The van der Waals surface area contributed by atoms with Crippen LogP contribution in [0.5, 0.6) is 0 Å². The average molecular weight is 233 g/mol. The standard InChI is InChI=1S/C12H19N5/c1-9(17(2)3)11(15-16-12(13)14)10-7-5-4-6-8-10/h4-9H,1-3H3,(H4,13,14,16)/b15-11-/t9-/m0/s1. The smallest absolute Gasteiger partial charge is 0.211 e. The molecule has 0 heterocycles. The Labute approximate surface area is 102 Å². The van der Waals surface area contributed by atoms with Gasteiger partial charge in [0.2, 0.25) is 5.96 Å². The molecule has 92 valence electrons. The van der Waals surface area contributed by atoms with Crippen molar-refractivity contribution in [2.45, 2.75) is 13.0 Å².